The summed E-state index contributed by atoms with van der Waals surface area (Å²) >= 11 is 12.1. The summed E-state index contributed by atoms with van der Waals surface area (Å²) in [5, 5.41) is 20.7. The Bertz CT molecular complexity index is 877. The molecule has 1 unspecified atom stereocenters. The van der Waals surface area contributed by atoms with Gasteiger partial charge in [-0.25, -0.2) is 5.32 Å². The lowest BCUT2D eigenvalue weighted by molar-refractivity contribution is -0.376. The molecule has 3 N–H and O–H groups in total. The van der Waals surface area contributed by atoms with Crippen molar-refractivity contribution < 1.29 is 55.6 Å². The SMILES string of the molecule is CCOC(=O)[C@H]1C(c2c(Cl)cccc2Cl)[C@H](C(=O)OCC)[C@](O)(C(F)(F)F)N[C@]1(O)C(F)(F)F. The normalized spacial score (nSPS) is 30.1. The van der Waals surface area contributed by atoms with Crippen molar-refractivity contribution in [3.63, 3.8) is 0 Å². The molecule has 1 aromatic carbocycles. The van der Waals surface area contributed by atoms with Crippen molar-refractivity contribution in [2.75, 3.05) is 13.2 Å². The van der Waals surface area contributed by atoms with Gasteiger partial charge in [-0.15, -0.1) is 0 Å². The number of esters is 2. The first kappa shape index (κ1) is 28.4. The summed E-state index contributed by atoms with van der Waals surface area (Å²) in [6, 6.07) is 3.24. The van der Waals surface area contributed by atoms with Crippen LogP contribution in [0.5, 0.6) is 0 Å². The van der Waals surface area contributed by atoms with Crippen molar-refractivity contribution in [3.8, 4) is 0 Å². The summed E-state index contributed by atoms with van der Waals surface area (Å²) in [6.45, 7) is 1.29. The van der Waals surface area contributed by atoms with Gasteiger partial charge in [0.05, 0.1) is 13.2 Å². The molecule has 192 valence electrons. The molecular weight excluding hydrogens is 523 g/mol. The number of hydrogen-bond donors (Lipinski definition) is 3. The van der Waals surface area contributed by atoms with Crippen molar-refractivity contribution in [2.24, 2.45) is 11.8 Å². The maximum absolute atomic E-state index is 14.1. The van der Waals surface area contributed by atoms with Crippen molar-refractivity contribution in [2.45, 2.75) is 43.6 Å². The summed E-state index contributed by atoms with van der Waals surface area (Å²) in [7, 11) is 0. The number of alkyl halides is 6. The van der Waals surface area contributed by atoms with Crippen molar-refractivity contribution in [1.29, 1.82) is 0 Å². The minimum Gasteiger partial charge on any atom is -0.466 e. The molecule has 1 fully saturated rings. The first-order chi connectivity index (χ1) is 15.5. The Balaban J connectivity index is 3.06. The first-order valence-electron chi connectivity index (χ1n) is 9.62. The number of ether oxygens (including phenoxy) is 2. The van der Waals surface area contributed by atoms with Gasteiger partial charge in [-0.05, 0) is 31.5 Å². The van der Waals surface area contributed by atoms with E-state index in [1.54, 1.807) is 0 Å². The fraction of sp³-hybridized carbons (Fsp3) is 0.579. The number of rotatable bonds is 5. The Morgan fingerprint density at radius 1 is 0.912 bits per heavy atom. The van der Waals surface area contributed by atoms with Gasteiger partial charge in [-0.1, -0.05) is 29.3 Å². The predicted octanol–water partition coefficient (Wildman–Crippen LogP) is 3.54. The van der Waals surface area contributed by atoms with E-state index in [0.29, 0.717) is 5.32 Å². The molecule has 1 aromatic rings. The highest BCUT2D eigenvalue weighted by atomic mass is 35.5. The number of aliphatic hydroxyl groups is 2. The van der Waals surface area contributed by atoms with Gasteiger partial charge < -0.3 is 19.7 Å². The van der Waals surface area contributed by atoms with Gasteiger partial charge in [0.25, 0.3) is 0 Å². The van der Waals surface area contributed by atoms with E-state index in [1.807, 2.05) is 0 Å². The highest BCUT2D eigenvalue weighted by molar-refractivity contribution is 6.36. The third-order valence-electron chi connectivity index (χ3n) is 5.28. The van der Waals surface area contributed by atoms with Crippen LogP contribution in [0.2, 0.25) is 10.0 Å². The van der Waals surface area contributed by atoms with Crippen LogP contribution < -0.4 is 5.32 Å². The van der Waals surface area contributed by atoms with Crippen LogP contribution in [0.4, 0.5) is 26.3 Å². The largest absolute Gasteiger partial charge is 0.466 e. The fourth-order valence-electron chi connectivity index (χ4n) is 3.91. The zero-order valence-electron chi connectivity index (χ0n) is 17.4. The zero-order valence-corrected chi connectivity index (χ0v) is 18.9. The van der Waals surface area contributed by atoms with Crippen molar-refractivity contribution in [3.05, 3.63) is 33.8 Å². The minimum absolute atomic E-state index is 0.542. The van der Waals surface area contributed by atoms with E-state index in [1.165, 1.54) is 19.9 Å². The Hall–Kier alpha value is -1.80. The molecule has 0 saturated carbocycles. The lowest BCUT2D eigenvalue weighted by atomic mass is 9.64. The average Bonchev–Trinajstić information content (AvgIpc) is 2.66. The molecule has 0 amide bonds. The van der Waals surface area contributed by atoms with Gasteiger partial charge >= 0.3 is 24.3 Å². The molecule has 0 bridgehead atoms. The molecular formula is C19H19Cl2F6NO6. The number of carbonyl (C=O) groups excluding carboxylic acids is 2. The van der Waals surface area contributed by atoms with Gasteiger partial charge in [0.2, 0.25) is 11.4 Å². The number of benzene rings is 1. The predicted molar refractivity (Wildman–Crippen MR) is 105 cm³/mol. The molecule has 1 heterocycles. The Kier molecular flexibility index (Phi) is 8.10. The average molecular weight is 542 g/mol. The third kappa shape index (κ3) is 4.68. The van der Waals surface area contributed by atoms with Crippen LogP contribution in [-0.4, -0.2) is 59.2 Å². The third-order valence-corrected chi connectivity index (χ3v) is 5.94. The Labute approximate surface area is 198 Å². The minimum atomic E-state index is -6.00. The van der Waals surface area contributed by atoms with Crippen LogP contribution >= 0.6 is 23.2 Å². The van der Waals surface area contributed by atoms with Gasteiger partial charge in [0.1, 0.15) is 11.8 Å². The molecule has 34 heavy (non-hydrogen) atoms. The summed E-state index contributed by atoms with van der Waals surface area (Å²) in [5.74, 6) is -12.3. The smallest absolute Gasteiger partial charge is 0.432 e. The van der Waals surface area contributed by atoms with Gasteiger partial charge in [0, 0.05) is 16.0 Å². The summed E-state index contributed by atoms with van der Waals surface area (Å²) in [4.78, 5) is 25.5. The quantitative estimate of drug-likeness (QED) is 0.387. The summed E-state index contributed by atoms with van der Waals surface area (Å²) < 4.78 is 93.8. The number of hydrogen-bond acceptors (Lipinski definition) is 7. The van der Waals surface area contributed by atoms with Crippen molar-refractivity contribution >= 4 is 35.1 Å². The highest BCUT2D eigenvalue weighted by Gasteiger charge is 2.78. The van der Waals surface area contributed by atoms with Gasteiger partial charge in [-0.3, -0.25) is 9.59 Å². The number of piperidine rings is 1. The summed E-state index contributed by atoms with van der Waals surface area (Å²) in [5.41, 5.74) is -10.2. The number of nitrogens with one attached hydrogen (secondary N) is 1. The molecule has 0 aromatic heterocycles. The fourth-order valence-corrected chi connectivity index (χ4v) is 4.56. The molecule has 0 spiro atoms. The molecule has 1 aliphatic rings. The van der Waals surface area contributed by atoms with Crippen LogP contribution in [0.15, 0.2) is 18.2 Å². The lowest BCUT2D eigenvalue weighted by Gasteiger charge is -2.54. The van der Waals surface area contributed by atoms with E-state index in [2.05, 4.69) is 9.47 Å². The molecule has 15 heteroatoms. The second kappa shape index (κ2) is 9.69. The molecule has 0 aliphatic carbocycles. The number of halogens is 8. The second-order valence-electron chi connectivity index (χ2n) is 7.27. The van der Waals surface area contributed by atoms with E-state index in [4.69, 9.17) is 23.2 Å². The monoisotopic (exact) mass is 541 g/mol. The van der Waals surface area contributed by atoms with Gasteiger partial charge in [0.15, 0.2) is 0 Å². The van der Waals surface area contributed by atoms with E-state index in [-0.39, 0.29) is 0 Å². The van der Waals surface area contributed by atoms with E-state index in [9.17, 15) is 46.1 Å². The second-order valence-corrected chi connectivity index (χ2v) is 8.09. The number of carbonyl (C=O) groups is 2. The van der Waals surface area contributed by atoms with Gasteiger partial charge in [-0.2, -0.15) is 26.3 Å². The van der Waals surface area contributed by atoms with Crippen LogP contribution in [0, 0.1) is 11.8 Å². The Morgan fingerprint density at radius 2 is 1.26 bits per heavy atom. The molecule has 7 nitrogen and oxygen atoms in total. The zero-order chi connectivity index (χ0) is 26.3. The maximum Gasteiger partial charge on any atom is 0.432 e. The molecule has 0 radical (unpaired) electrons. The van der Waals surface area contributed by atoms with Crippen LogP contribution in [-0.2, 0) is 19.1 Å². The molecule has 2 rings (SSSR count). The van der Waals surface area contributed by atoms with Crippen molar-refractivity contribution in [1.82, 2.24) is 5.32 Å². The lowest BCUT2D eigenvalue weighted by Crippen LogP contribution is -2.81. The standard InChI is InChI=1S/C19H19Cl2F6NO6/c1-3-33-14(29)12-11(10-8(20)6-5-7-9(10)21)13(15(30)34-4-2)17(32,19(25,26)27)28-16(12,31)18(22,23)24/h5-7,11-13,28,31-32H,3-4H2,1-2H3/t11?,12-,13-,16-,17+/m1/s1. The highest BCUT2D eigenvalue weighted by Crippen LogP contribution is 2.57. The van der Waals surface area contributed by atoms with Crippen LogP contribution in [0.25, 0.3) is 0 Å². The molecule has 1 aliphatic heterocycles. The van der Waals surface area contributed by atoms with Crippen LogP contribution in [0.3, 0.4) is 0 Å². The molecule has 1 saturated heterocycles. The summed E-state index contributed by atoms with van der Waals surface area (Å²) in [6.07, 6.45) is -12.0. The Morgan fingerprint density at radius 3 is 1.56 bits per heavy atom. The first-order valence-corrected chi connectivity index (χ1v) is 10.4. The van der Waals surface area contributed by atoms with Crippen LogP contribution in [0.1, 0.15) is 25.3 Å². The van der Waals surface area contributed by atoms with E-state index < -0.39 is 82.3 Å². The van der Waals surface area contributed by atoms with E-state index in [0.717, 1.165) is 12.1 Å². The molecule has 5 atom stereocenters. The topological polar surface area (TPSA) is 105 Å². The van der Waals surface area contributed by atoms with E-state index >= 15 is 0 Å². The maximum atomic E-state index is 14.1.